The standard InChI is InChI=1S/C38H46O13/c1-20-28(51-30(44)15-14-25-12-10-9-11-13-25)16-26(18-46-21(2)39)36(7)31(20)32(48-22(3)40)27-17-29(43)37(8)38(45,35(27,6)19-47-37)34(50-24(5)42)33(36)49-23(4)41/h9-15,26-28,31-34,45H,1,16-19H2,2-8H3/b15-14+/t26-,27+,28+,31+,32-,33+,34+,35+,36-,37-,38+/m1/s1. The van der Waals surface area contributed by atoms with Gasteiger partial charge >= 0.3 is 29.8 Å². The molecule has 11 atom stereocenters. The molecule has 13 heteroatoms. The number of rotatable bonds is 8. The van der Waals surface area contributed by atoms with Gasteiger partial charge in [-0.1, -0.05) is 50.8 Å². The van der Waals surface area contributed by atoms with Crippen LogP contribution in [0.3, 0.4) is 0 Å². The Morgan fingerprint density at radius 1 is 0.902 bits per heavy atom. The van der Waals surface area contributed by atoms with Crippen LogP contribution in [-0.2, 0) is 57.2 Å². The Balaban J connectivity index is 1.76. The highest BCUT2D eigenvalue weighted by molar-refractivity contribution is 5.91. The number of aliphatic hydroxyl groups is 1. The third-order valence-corrected chi connectivity index (χ3v) is 11.7. The number of Topliss-reactive ketones (excluding diaryl/α,β-unsaturated/α-hetero) is 1. The van der Waals surface area contributed by atoms with Crippen LogP contribution in [0.2, 0.25) is 0 Å². The number of carbonyl (C=O) groups excluding carboxylic acids is 6. The molecule has 1 aliphatic heterocycles. The maximum atomic E-state index is 14.1. The fourth-order valence-electron chi connectivity index (χ4n) is 9.24. The Bertz CT molecular complexity index is 1650. The topological polar surface area (TPSA) is 178 Å². The quantitative estimate of drug-likeness (QED) is 0.180. The number of ketones is 1. The van der Waals surface area contributed by atoms with E-state index in [0.717, 1.165) is 19.4 Å². The molecule has 13 nitrogen and oxygen atoms in total. The second-order valence-electron chi connectivity index (χ2n) is 14.7. The summed E-state index contributed by atoms with van der Waals surface area (Å²) in [4.78, 5) is 78.7. The van der Waals surface area contributed by atoms with Crippen LogP contribution in [0.1, 0.15) is 66.9 Å². The van der Waals surface area contributed by atoms with Gasteiger partial charge in [-0.05, 0) is 30.6 Å². The van der Waals surface area contributed by atoms with Crippen molar-refractivity contribution in [1.82, 2.24) is 0 Å². The number of hydrogen-bond acceptors (Lipinski definition) is 13. The van der Waals surface area contributed by atoms with Crippen molar-refractivity contribution in [3.05, 3.63) is 54.1 Å². The van der Waals surface area contributed by atoms with Crippen LogP contribution in [0.5, 0.6) is 0 Å². The van der Waals surface area contributed by atoms with Gasteiger partial charge < -0.3 is 33.5 Å². The monoisotopic (exact) mass is 710 g/mol. The first kappa shape index (κ1) is 37.9. The van der Waals surface area contributed by atoms with Crippen molar-refractivity contribution in [2.75, 3.05) is 13.2 Å². The van der Waals surface area contributed by atoms with Gasteiger partial charge in [0.1, 0.15) is 23.9 Å². The zero-order valence-corrected chi connectivity index (χ0v) is 30.0. The first-order valence-corrected chi connectivity index (χ1v) is 17.0. The summed E-state index contributed by atoms with van der Waals surface area (Å²) < 4.78 is 35.9. The van der Waals surface area contributed by atoms with Crippen molar-refractivity contribution in [2.24, 2.45) is 28.6 Å². The minimum absolute atomic E-state index is 0.0194. The van der Waals surface area contributed by atoms with Crippen LogP contribution in [0.15, 0.2) is 48.6 Å². The highest BCUT2D eigenvalue weighted by Crippen LogP contribution is 2.68. The summed E-state index contributed by atoms with van der Waals surface area (Å²) in [5.41, 5.74) is -6.19. The van der Waals surface area contributed by atoms with Gasteiger partial charge in [0.05, 0.1) is 13.2 Å². The molecule has 4 bridgehead atoms. The van der Waals surface area contributed by atoms with E-state index in [1.54, 1.807) is 19.9 Å². The van der Waals surface area contributed by atoms with Gasteiger partial charge in [-0.25, -0.2) is 4.79 Å². The van der Waals surface area contributed by atoms with Crippen LogP contribution >= 0.6 is 0 Å². The zero-order valence-electron chi connectivity index (χ0n) is 30.0. The van der Waals surface area contributed by atoms with Crippen molar-refractivity contribution in [1.29, 1.82) is 0 Å². The maximum Gasteiger partial charge on any atom is 0.331 e. The molecule has 3 saturated carbocycles. The molecule has 276 valence electrons. The molecule has 0 spiro atoms. The van der Waals surface area contributed by atoms with E-state index in [-0.39, 0.29) is 31.6 Å². The molecular weight excluding hydrogens is 664 g/mol. The largest absolute Gasteiger partial charge is 0.466 e. The van der Waals surface area contributed by atoms with Crippen molar-refractivity contribution in [3.8, 4) is 0 Å². The third kappa shape index (κ3) is 6.18. The van der Waals surface area contributed by atoms with Crippen molar-refractivity contribution < 1.29 is 62.3 Å². The Kier molecular flexibility index (Phi) is 10.1. The summed E-state index contributed by atoms with van der Waals surface area (Å²) in [6.45, 7) is 13.3. The van der Waals surface area contributed by atoms with Crippen LogP contribution < -0.4 is 0 Å². The SMILES string of the molecule is C=C1[C@@H](OC(=O)/C=C/c2ccccc2)C[C@H](COC(C)=O)[C@@]2(C)[C@@H](OC(C)=O)[C@H](OC(C)=O)[C@]3(O)[C@@]4(C)CO[C@]3(C)C(=O)C[C@H]4[C@@H](OC(C)=O)[C@H]12. The molecule has 4 aliphatic rings. The highest BCUT2D eigenvalue weighted by atomic mass is 16.6. The normalized spacial score (nSPS) is 38.5. The fourth-order valence-corrected chi connectivity index (χ4v) is 9.24. The minimum Gasteiger partial charge on any atom is -0.466 e. The summed E-state index contributed by atoms with van der Waals surface area (Å²) in [7, 11) is 0. The summed E-state index contributed by atoms with van der Waals surface area (Å²) in [5, 5.41) is 13.1. The van der Waals surface area contributed by atoms with Crippen LogP contribution in [0.4, 0.5) is 0 Å². The lowest BCUT2D eigenvalue weighted by atomic mass is 9.43. The molecule has 3 aliphatic carbocycles. The fraction of sp³-hybridized carbons (Fsp3) is 0.579. The van der Waals surface area contributed by atoms with E-state index in [0.29, 0.717) is 0 Å². The molecule has 1 aromatic carbocycles. The van der Waals surface area contributed by atoms with E-state index < -0.39 is 99.8 Å². The highest BCUT2D eigenvalue weighted by Gasteiger charge is 2.82. The number of carbonyl (C=O) groups is 6. The van der Waals surface area contributed by atoms with Gasteiger partial charge in [-0.3, -0.25) is 24.0 Å². The molecule has 0 unspecified atom stereocenters. The molecule has 0 aromatic heterocycles. The van der Waals surface area contributed by atoms with Crippen molar-refractivity contribution in [3.63, 3.8) is 0 Å². The van der Waals surface area contributed by atoms with E-state index in [1.807, 2.05) is 30.3 Å². The second kappa shape index (κ2) is 13.6. The summed E-state index contributed by atoms with van der Waals surface area (Å²) in [5.74, 6) is -7.16. The molecule has 1 heterocycles. The Labute approximate surface area is 296 Å². The minimum atomic E-state index is -2.32. The molecule has 1 N–H and O–H groups in total. The van der Waals surface area contributed by atoms with Gasteiger partial charge in [0.15, 0.2) is 17.5 Å². The summed E-state index contributed by atoms with van der Waals surface area (Å²) in [6, 6.07) is 9.08. The van der Waals surface area contributed by atoms with Gasteiger partial charge in [0, 0.05) is 68.8 Å². The lowest BCUT2D eigenvalue weighted by molar-refractivity contribution is -0.292. The van der Waals surface area contributed by atoms with Gasteiger partial charge in [0.25, 0.3) is 0 Å². The zero-order chi connectivity index (χ0) is 37.7. The maximum absolute atomic E-state index is 14.1. The van der Waals surface area contributed by atoms with E-state index in [2.05, 4.69) is 6.58 Å². The number of ether oxygens (including phenoxy) is 6. The molecule has 4 fully saturated rings. The first-order chi connectivity index (χ1) is 23.8. The number of benzene rings is 1. The lowest BCUT2D eigenvalue weighted by Gasteiger charge is -2.65. The van der Waals surface area contributed by atoms with E-state index in [4.69, 9.17) is 28.4 Å². The van der Waals surface area contributed by atoms with Crippen LogP contribution in [-0.4, -0.2) is 89.6 Å². The molecule has 1 aromatic rings. The second-order valence-corrected chi connectivity index (χ2v) is 14.7. The molecule has 51 heavy (non-hydrogen) atoms. The number of fused-ring (bicyclic) bond motifs is 1. The van der Waals surface area contributed by atoms with E-state index in [1.165, 1.54) is 26.8 Å². The van der Waals surface area contributed by atoms with E-state index in [9.17, 15) is 33.9 Å². The Morgan fingerprint density at radius 2 is 1.51 bits per heavy atom. The number of hydrogen-bond donors (Lipinski definition) is 1. The molecular formula is C38H46O13. The summed E-state index contributed by atoms with van der Waals surface area (Å²) >= 11 is 0. The van der Waals surface area contributed by atoms with Crippen molar-refractivity contribution in [2.45, 2.75) is 96.9 Å². The Morgan fingerprint density at radius 3 is 2.10 bits per heavy atom. The Hall–Kier alpha value is -4.36. The molecule has 1 saturated heterocycles. The van der Waals surface area contributed by atoms with Crippen molar-refractivity contribution >= 4 is 41.7 Å². The molecule has 5 rings (SSSR count). The average molecular weight is 711 g/mol. The van der Waals surface area contributed by atoms with Gasteiger partial charge in [-0.2, -0.15) is 0 Å². The first-order valence-electron chi connectivity index (χ1n) is 17.0. The smallest absolute Gasteiger partial charge is 0.331 e. The lowest BCUT2D eigenvalue weighted by Crippen LogP contribution is -2.80. The summed E-state index contributed by atoms with van der Waals surface area (Å²) in [6.07, 6.45) is -2.96. The van der Waals surface area contributed by atoms with Gasteiger partial charge in [0.2, 0.25) is 0 Å². The average Bonchev–Trinajstić information content (AvgIpc) is 3.19. The third-order valence-electron chi connectivity index (χ3n) is 11.7. The predicted molar refractivity (Wildman–Crippen MR) is 178 cm³/mol. The van der Waals surface area contributed by atoms with E-state index >= 15 is 0 Å². The number of esters is 5. The van der Waals surface area contributed by atoms with Gasteiger partial charge in [-0.15, -0.1) is 0 Å². The van der Waals surface area contributed by atoms with Crippen LogP contribution in [0.25, 0.3) is 6.08 Å². The predicted octanol–water partition coefficient (Wildman–Crippen LogP) is 3.30. The van der Waals surface area contributed by atoms with Crippen LogP contribution in [0, 0.1) is 28.6 Å². The molecule has 0 amide bonds. The molecule has 0 radical (unpaired) electrons.